The largest absolute Gasteiger partial charge is 0.316 e. The van der Waals surface area contributed by atoms with Crippen LogP contribution in [0.5, 0.6) is 0 Å². The second-order valence-electron chi connectivity index (χ2n) is 5.43. The van der Waals surface area contributed by atoms with Gasteiger partial charge in [0.05, 0.1) is 0 Å². The molecule has 0 fully saturated rings. The fourth-order valence-electron chi connectivity index (χ4n) is 2.12. The third kappa shape index (κ3) is 4.77. The van der Waals surface area contributed by atoms with Gasteiger partial charge in [0.25, 0.3) is 0 Å². The maximum atomic E-state index is 13.2. The van der Waals surface area contributed by atoms with Crippen molar-refractivity contribution in [1.82, 2.24) is 5.32 Å². The van der Waals surface area contributed by atoms with Gasteiger partial charge in [-0.15, -0.1) is 0 Å². The second kappa shape index (κ2) is 7.52. The second-order valence-corrected chi connectivity index (χ2v) is 5.43. The summed E-state index contributed by atoms with van der Waals surface area (Å²) in [6.45, 7) is 10.9. The van der Waals surface area contributed by atoms with Gasteiger partial charge in [-0.1, -0.05) is 26.8 Å². The van der Waals surface area contributed by atoms with E-state index < -0.39 is 0 Å². The van der Waals surface area contributed by atoms with Crippen LogP contribution in [-0.2, 0) is 6.42 Å². The molecule has 1 nitrogen and oxygen atoms in total. The lowest BCUT2D eigenvalue weighted by molar-refractivity contribution is 0.365. The highest BCUT2D eigenvalue weighted by Crippen LogP contribution is 2.20. The number of benzene rings is 1. The predicted molar refractivity (Wildman–Crippen MR) is 76.3 cm³/mol. The number of nitrogens with one attached hydrogen (secondary N) is 1. The summed E-state index contributed by atoms with van der Waals surface area (Å²) in [4.78, 5) is 0. The van der Waals surface area contributed by atoms with E-state index >= 15 is 0 Å². The van der Waals surface area contributed by atoms with E-state index in [9.17, 15) is 4.39 Å². The Labute approximate surface area is 111 Å². The Morgan fingerprint density at radius 1 is 1.22 bits per heavy atom. The number of rotatable bonds is 7. The Balaban J connectivity index is 2.52. The van der Waals surface area contributed by atoms with Crippen molar-refractivity contribution in [1.29, 1.82) is 0 Å². The van der Waals surface area contributed by atoms with Crippen molar-refractivity contribution in [2.24, 2.45) is 11.8 Å². The maximum absolute atomic E-state index is 13.2. The molecular weight excluding hydrogens is 225 g/mol. The molecule has 0 radical (unpaired) electrons. The van der Waals surface area contributed by atoms with Crippen molar-refractivity contribution < 1.29 is 4.39 Å². The van der Waals surface area contributed by atoms with Crippen LogP contribution >= 0.6 is 0 Å². The summed E-state index contributed by atoms with van der Waals surface area (Å²) in [7, 11) is 0. The lowest BCUT2D eigenvalue weighted by Gasteiger charge is -2.21. The minimum Gasteiger partial charge on any atom is -0.316 e. The first kappa shape index (κ1) is 15.2. The molecule has 0 saturated carbocycles. The van der Waals surface area contributed by atoms with Gasteiger partial charge in [-0.2, -0.15) is 0 Å². The van der Waals surface area contributed by atoms with Crippen LogP contribution < -0.4 is 5.32 Å². The first-order valence-corrected chi connectivity index (χ1v) is 7.00. The Morgan fingerprint density at radius 3 is 2.61 bits per heavy atom. The molecule has 1 rings (SSSR count). The smallest absolute Gasteiger partial charge is 0.123 e. The van der Waals surface area contributed by atoms with E-state index in [1.165, 1.54) is 18.1 Å². The van der Waals surface area contributed by atoms with Crippen molar-refractivity contribution in [2.45, 2.75) is 40.5 Å². The third-order valence-electron chi connectivity index (χ3n) is 3.72. The molecule has 0 spiro atoms. The molecule has 0 heterocycles. The fraction of sp³-hybridized carbons (Fsp3) is 0.625. The van der Waals surface area contributed by atoms with Gasteiger partial charge in [-0.05, 0) is 68.0 Å². The average Bonchev–Trinajstić information content (AvgIpc) is 2.34. The molecule has 0 aliphatic carbocycles. The van der Waals surface area contributed by atoms with Gasteiger partial charge < -0.3 is 5.32 Å². The Morgan fingerprint density at radius 2 is 1.94 bits per heavy atom. The normalized spacial score (nSPS) is 14.5. The molecule has 0 aliphatic heterocycles. The maximum Gasteiger partial charge on any atom is 0.123 e. The van der Waals surface area contributed by atoms with Gasteiger partial charge in [0, 0.05) is 0 Å². The van der Waals surface area contributed by atoms with Gasteiger partial charge in [0.1, 0.15) is 5.82 Å². The van der Waals surface area contributed by atoms with E-state index in [2.05, 4.69) is 33.0 Å². The lowest BCUT2D eigenvalue weighted by atomic mass is 9.88. The van der Waals surface area contributed by atoms with Gasteiger partial charge in [0.2, 0.25) is 0 Å². The fourth-order valence-corrected chi connectivity index (χ4v) is 2.12. The molecule has 2 heteroatoms. The van der Waals surface area contributed by atoms with Crippen molar-refractivity contribution in [3.05, 3.63) is 35.1 Å². The zero-order valence-corrected chi connectivity index (χ0v) is 12.1. The van der Waals surface area contributed by atoms with Crippen LogP contribution in [0.1, 0.15) is 38.3 Å². The van der Waals surface area contributed by atoms with Crippen LogP contribution in [0.3, 0.4) is 0 Å². The van der Waals surface area contributed by atoms with Crippen LogP contribution in [0.25, 0.3) is 0 Å². The Bertz CT molecular complexity index is 362. The number of hydrogen-bond donors (Lipinski definition) is 1. The van der Waals surface area contributed by atoms with Crippen LogP contribution in [-0.4, -0.2) is 13.1 Å². The summed E-state index contributed by atoms with van der Waals surface area (Å²) in [6.07, 6.45) is 2.13. The van der Waals surface area contributed by atoms with Gasteiger partial charge in [0.15, 0.2) is 0 Å². The molecule has 1 aromatic rings. The van der Waals surface area contributed by atoms with Crippen molar-refractivity contribution >= 4 is 0 Å². The molecule has 18 heavy (non-hydrogen) atoms. The topological polar surface area (TPSA) is 12.0 Å². The molecule has 0 bridgehead atoms. The summed E-state index contributed by atoms with van der Waals surface area (Å²) in [5, 5.41) is 3.45. The highest BCUT2D eigenvalue weighted by molar-refractivity contribution is 5.26. The minimum atomic E-state index is -0.125. The Hall–Kier alpha value is -0.890. The minimum absolute atomic E-state index is 0.125. The molecule has 1 aromatic carbocycles. The molecule has 1 N–H and O–H groups in total. The van der Waals surface area contributed by atoms with Gasteiger partial charge in [-0.25, -0.2) is 4.39 Å². The SMILES string of the molecule is CCCNCC(C)C(C)Cc1cc(F)ccc1C. The monoisotopic (exact) mass is 251 g/mol. The first-order valence-electron chi connectivity index (χ1n) is 7.00. The molecule has 2 unspecified atom stereocenters. The summed E-state index contributed by atoms with van der Waals surface area (Å²) >= 11 is 0. The predicted octanol–water partition coefficient (Wildman–Crippen LogP) is 3.95. The van der Waals surface area contributed by atoms with Crippen molar-refractivity contribution in [3.8, 4) is 0 Å². The first-order chi connectivity index (χ1) is 8.54. The van der Waals surface area contributed by atoms with E-state index in [-0.39, 0.29) is 5.82 Å². The van der Waals surface area contributed by atoms with Crippen molar-refractivity contribution in [3.63, 3.8) is 0 Å². The van der Waals surface area contributed by atoms with E-state index in [1.807, 2.05) is 6.07 Å². The zero-order valence-electron chi connectivity index (χ0n) is 12.1. The molecule has 0 aliphatic rings. The van der Waals surface area contributed by atoms with Gasteiger partial charge >= 0.3 is 0 Å². The molecule has 2 atom stereocenters. The molecule has 102 valence electrons. The zero-order chi connectivity index (χ0) is 13.5. The summed E-state index contributed by atoms with van der Waals surface area (Å²) in [5.74, 6) is 1.05. The molecule has 0 saturated heterocycles. The summed E-state index contributed by atoms with van der Waals surface area (Å²) in [5.41, 5.74) is 2.34. The van der Waals surface area contributed by atoms with E-state index in [0.29, 0.717) is 11.8 Å². The van der Waals surface area contributed by atoms with Crippen LogP contribution in [0.15, 0.2) is 18.2 Å². The third-order valence-corrected chi connectivity index (χ3v) is 3.72. The number of aryl methyl sites for hydroxylation is 1. The summed E-state index contributed by atoms with van der Waals surface area (Å²) in [6, 6.07) is 5.09. The van der Waals surface area contributed by atoms with E-state index in [0.717, 1.165) is 25.1 Å². The molecule has 0 amide bonds. The van der Waals surface area contributed by atoms with E-state index in [4.69, 9.17) is 0 Å². The molecular formula is C16H26FN. The van der Waals surface area contributed by atoms with Crippen LogP contribution in [0.2, 0.25) is 0 Å². The lowest BCUT2D eigenvalue weighted by Crippen LogP contribution is -2.26. The number of halogens is 1. The molecule has 0 aromatic heterocycles. The quantitative estimate of drug-likeness (QED) is 0.724. The Kier molecular flexibility index (Phi) is 6.34. The highest BCUT2D eigenvalue weighted by Gasteiger charge is 2.14. The van der Waals surface area contributed by atoms with E-state index in [1.54, 1.807) is 6.07 Å². The van der Waals surface area contributed by atoms with Crippen LogP contribution in [0, 0.1) is 24.6 Å². The number of hydrogen-bond acceptors (Lipinski definition) is 1. The van der Waals surface area contributed by atoms with Gasteiger partial charge in [-0.3, -0.25) is 0 Å². The highest BCUT2D eigenvalue weighted by atomic mass is 19.1. The van der Waals surface area contributed by atoms with Crippen LogP contribution in [0.4, 0.5) is 4.39 Å². The van der Waals surface area contributed by atoms with Crippen molar-refractivity contribution in [2.75, 3.05) is 13.1 Å². The standard InChI is InChI=1S/C16H26FN/c1-5-8-18-11-14(4)13(3)9-15-10-16(17)7-6-12(15)2/h6-7,10,13-14,18H,5,8-9,11H2,1-4H3. The average molecular weight is 251 g/mol. The summed E-state index contributed by atoms with van der Waals surface area (Å²) < 4.78 is 13.2.